The average Bonchev–Trinajstić information content (AvgIpc) is 3.60. The predicted molar refractivity (Wildman–Crippen MR) is 157 cm³/mol. The van der Waals surface area contributed by atoms with Crippen molar-refractivity contribution < 1.29 is 28.7 Å². The van der Waals surface area contributed by atoms with Gasteiger partial charge in [-0.3, -0.25) is 19.2 Å². The second-order valence-corrected chi connectivity index (χ2v) is 12.3. The van der Waals surface area contributed by atoms with Gasteiger partial charge in [-0.2, -0.15) is 0 Å². The maximum absolute atomic E-state index is 13.3. The molecule has 0 aliphatic heterocycles. The van der Waals surface area contributed by atoms with Crippen molar-refractivity contribution in [3.8, 4) is 0 Å². The number of ether oxygens (including phenoxy) is 2. The number of rotatable bonds is 15. The van der Waals surface area contributed by atoms with Crippen molar-refractivity contribution in [2.75, 3.05) is 14.2 Å². The fourth-order valence-electron chi connectivity index (χ4n) is 5.01. The molecule has 9 nitrogen and oxygen atoms in total. The van der Waals surface area contributed by atoms with E-state index in [1.165, 1.54) is 25.4 Å². The summed E-state index contributed by atoms with van der Waals surface area (Å²) in [7, 11) is 3.16. The molecule has 1 N–H and O–H groups in total. The zero-order valence-corrected chi connectivity index (χ0v) is 25.7. The monoisotopic (exact) mass is 585 g/mol. The molecule has 4 unspecified atom stereocenters. The summed E-state index contributed by atoms with van der Waals surface area (Å²) in [5.41, 5.74) is 1.24. The topological polar surface area (TPSA) is 115 Å². The zero-order valence-electron chi connectivity index (χ0n) is 24.9. The minimum absolute atomic E-state index is 0.0950. The van der Waals surface area contributed by atoms with Crippen molar-refractivity contribution in [2.24, 2.45) is 17.8 Å². The molecule has 1 fully saturated rings. The summed E-state index contributed by atoms with van der Waals surface area (Å²) in [6.45, 7) is 7.20. The lowest BCUT2D eigenvalue weighted by Crippen LogP contribution is -2.42. The Bertz CT molecular complexity index is 1180. The molecule has 1 heterocycles. The fourth-order valence-corrected chi connectivity index (χ4v) is 5.85. The van der Waals surface area contributed by atoms with Crippen molar-refractivity contribution in [1.29, 1.82) is 0 Å². The van der Waals surface area contributed by atoms with Gasteiger partial charge in [-0.25, -0.2) is 4.98 Å². The minimum atomic E-state index is -0.693. The first-order valence-electron chi connectivity index (χ1n) is 14.3. The largest absolute Gasteiger partial charge is 0.469 e. The number of benzene rings is 1. The summed E-state index contributed by atoms with van der Waals surface area (Å²) in [4.78, 5) is 56.7. The van der Waals surface area contributed by atoms with Crippen LogP contribution in [0.5, 0.6) is 0 Å². The summed E-state index contributed by atoms with van der Waals surface area (Å²) in [5.74, 6) is -0.867. The molecule has 1 saturated carbocycles. The Balaban J connectivity index is 1.76. The van der Waals surface area contributed by atoms with Crippen LogP contribution in [-0.2, 0) is 30.3 Å². The van der Waals surface area contributed by atoms with E-state index in [0.717, 1.165) is 18.4 Å². The highest BCUT2D eigenvalue weighted by Gasteiger charge is 2.33. The van der Waals surface area contributed by atoms with Gasteiger partial charge < -0.3 is 19.7 Å². The smallest absolute Gasteiger partial charge is 0.308 e. The van der Waals surface area contributed by atoms with Crippen molar-refractivity contribution in [3.05, 3.63) is 52.0 Å². The van der Waals surface area contributed by atoms with Gasteiger partial charge in [-0.05, 0) is 43.1 Å². The predicted octanol–water partition coefficient (Wildman–Crippen LogP) is 4.96. The molecule has 1 aliphatic rings. The number of methoxy groups -OCH3 is 1. The Morgan fingerprint density at radius 2 is 1.78 bits per heavy atom. The molecule has 1 aliphatic carbocycles. The highest BCUT2D eigenvalue weighted by Crippen LogP contribution is 2.35. The summed E-state index contributed by atoms with van der Waals surface area (Å²) in [5, 5.41) is 5.19. The normalized spacial score (nSPS) is 15.9. The maximum atomic E-state index is 13.3. The lowest BCUT2D eigenvalue weighted by Gasteiger charge is -2.33. The minimum Gasteiger partial charge on any atom is -0.469 e. The first-order chi connectivity index (χ1) is 19.5. The highest BCUT2D eigenvalue weighted by molar-refractivity contribution is 7.09. The van der Waals surface area contributed by atoms with Gasteiger partial charge in [-0.15, -0.1) is 11.3 Å². The van der Waals surface area contributed by atoms with Gasteiger partial charge in [0.1, 0.15) is 10.7 Å². The van der Waals surface area contributed by atoms with Crippen LogP contribution < -0.4 is 5.32 Å². The lowest BCUT2D eigenvalue weighted by molar-refractivity contribution is -0.148. The molecule has 41 heavy (non-hydrogen) atoms. The molecule has 0 radical (unpaired) electrons. The van der Waals surface area contributed by atoms with E-state index in [1.807, 2.05) is 51.2 Å². The third kappa shape index (κ3) is 9.95. The third-order valence-corrected chi connectivity index (χ3v) is 8.45. The second-order valence-electron chi connectivity index (χ2n) is 11.4. The van der Waals surface area contributed by atoms with Crippen LogP contribution in [-0.4, -0.2) is 59.9 Å². The summed E-state index contributed by atoms with van der Waals surface area (Å²) in [6, 6.07) is 9.25. The van der Waals surface area contributed by atoms with Crippen LogP contribution in [0, 0.1) is 17.8 Å². The van der Waals surface area contributed by atoms with E-state index in [0.29, 0.717) is 36.6 Å². The molecule has 3 rings (SSSR count). The van der Waals surface area contributed by atoms with Gasteiger partial charge in [0.05, 0.1) is 13.0 Å². The van der Waals surface area contributed by atoms with E-state index >= 15 is 0 Å². The molecule has 10 heteroatoms. The Kier molecular flexibility index (Phi) is 11.9. The summed E-state index contributed by atoms with van der Waals surface area (Å²) >= 11 is 1.25. The average molecular weight is 586 g/mol. The molecule has 4 atom stereocenters. The van der Waals surface area contributed by atoms with E-state index in [-0.39, 0.29) is 41.5 Å². The van der Waals surface area contributed by atoms with Gasteiger partial charge in [0.25, 0.3) is 5.91 Å². The number of amides is 2. The van der Waals surface area contributed by atoms with E-state index in [1.54, 1.807) is 17.2 Å². The van der Waals surface area contributed by atoms with Gasteiger partial charge in [0.2, 0.25) is 5.91 Å². The van der Waals surface area contributed by atoms with E-state index in [2.05, 4.69) is 10.3 Å². The van der Waals surface area contributed by atoms with Crippen LogP contribution in [0.15, 0.2) is 35.7 Å². The number of esters is 2. The number of carbonyl (C=O) groups excluding carboxylic acids is 4. The molecule has 1 aromatic carbocycles. The Labute approximate surface area is 247 Å². The molecule has 0 spiro atoms. The number of carbonyl (C=O) groups is 4. The van der Waals surface area contributed by atoms with Gasteiger partial charge >= 0.3 is 11.9 Å². The lowest BCUT2D eigenvalue weighted by atomic mass is 9.96. The van der Waals surface area contributed by atoms with Crippen molar-refractivity contribution in [3.63, 3.8) is 0 Å². The van der Waals surface area contributed by atoms with E-state index < -0.39 is 18.0 Å². The molecule has 224 valence electrons. The van der Waals surface area contributed by atoms with Crippen LogP contribution in [0.4, 0.5) is 0 Å². The molecular formula is C31H43N3O6S. The maximum Gasteiger partial charge on any atom is 0.308 e. The summed E-state index contributed by atoms with van der Waals surface area (Å²) in [6.07, 6.45) is 3.36. The SMILES string of the molecule is COC(=O)C(C)CC(Cc1ccccc1)NC(=O)c1csc(C(CC(C(C)C)N(C)C(=O)CC2CC2)OC(C)=O)n1. The number of hydrogen-bond acceptors (Lipinski definition) is 8. The van der Waals surface area contributed by atoms with Crippen molar-refractivity contribution >= 4 is 35.1 Å². The number of nitrogens with one attached hydrogen (secondary N) is 1. The quantitative estimate of drug-likeness (QED) is 0.294. The van der Waals surface area contributed by atoms with Gasteiger partial charge in [0.15, 0.2) is 6.10 Å². The Morgan fingerprint density at radius 1 is 1.10 bits per heavy atom. The van der Waals surface area contributed by atoms with Crippen LogP contribution in [0.2, 0.25) is 0 Å². The number of thiazole rings is 1. The zero-order chi connectivity index (χ0) is 30.1. The molecule has 0 saturated heterocycles. The molecule has 0 bridgehead atoms. The first kappa shape index (κ1) is 32.2. The van der Waals surface area contributed by atoms with E-state index in [4.69, 9.17) is 9.47 Å². The van der Waals surface area contributed by atoms with Crippen LogP contribution in [0.3, 0.4) is 0 Å². The standard InChI is InChI=1S/C31H43N3O6S/c1-19(2)26(34(5)28(36)16-23-12-13-23)17-27(40-21(4)35)30-33-25(18-41-30)29(37)32-24(14-20(3)31(38)39-6)15-22-10-8-7-9-11-22/h7-11,18-20,23-24,26-27H,12-17H2,1-6H3,(H,32,37). The fraction of sp³-hybridized carbons (Fsp3) is 0.581. The third-order valence-electron chi connectivity index (χ3n) is 7.52. The number of nitrogens with zero attached hydrogens (tertiary/aromatic N) is 2. The highest BCUT2D eigenvalue weighted by atomic mass is 32.1. The number of aromatic nitrogens is 1. The Hall–Kier alpha value is -3.27. The second kappa shape index (κ2) is 15.1. The molecule has 2 aromatic rings. The van der Waals surface area contributed by atoms with Gasteiger partial charge in [0, 0.05) is 44.3 Å². The van der Waals surface area contributed by atoms with Crippen LogP contribution in [0.25, 0.3) is 0 Å². The van der Waals surface area contributed by atoms with Gasteiger partial charge in [-0.1, -0.05) is 51.1 Å². The molecular weight excluding hydrogens is 542 g/mol. The van der Waals surface area contributed by atoms with Crippen LogP contribution in [0.1, 0.15) is 87.0 Å². The van der Waals surface area contributed by atoms with Crippen molar-refractivity contribution in [2.45, 2.75) is 84.4 Å². The molecule has 2 amide bonds. The molecule has 1 aromatic heterocycles. The van der Waals surface area contributed by atoms with E-state index in [9.17, 15) is 19.2 Å². The van der Waals surface area contributed by atoms with Crippen molar-refractivity contribution in [1.82, 2.24) is 15.2 Å². The van der Waals surface area contributed by atoms with Crippen LogP contribution >= 0.6 is 11.3 Å². The summed E-state index contributed by atoms with van der Waals surface area (Å²) < 4.78 is 10.6. The Morgan fingerprint density at radius 3 is 2.37 bits per heavy atom. The number of hydrogen-bond donors (Lipinski definition) is 1. The first-order valence-corrected chi connectivity index (χ1v) is 15.2.